The maximum atomic E-state index is 12.1. The Labute approximate surface area is 127 Å². The maximum Gasteiger partial charge on any atom is 0.242 e. The number of nitrogens with two attached hydrogens (primary N) is 1. The van der Waals surface area contributed by atoms with E-state index in [9.17, 15) is 8.42 Å². The summed E-state index contributed by atoms with van der Waals surface area (Å²) in [5, 5.41) is 0. The third-order valence-corrected chi connectivity index (χ3v) is 5.20. The molecule has 114 valence electrons. The molecule has 1 aromatic carbocycles. The van der Waals surface area contributed by atoms with Gasteiger partial charge in [0.25, 0.3) is 0 Å². The van der Waals surface area contributed by atoms with E-state index in [1.807, 2.05) is 6.07 Å². The molecule has 7 heteroatoms. The molecule has 0 radical (unpaired) electrons. The van der Waals surface area contributed by atoms with Crippen LogP contribution in [0.25, 0.3) is 0 Å². The van der Waals surface area contributed by atoms with Crippen molar-refractivity contribution in [3.63, 3.8) is 0 Å². The fraction of sp³-hybridized carbons (Fsp3) is 0.538. The summed E-state index contributed by atoms with van der Waals surface area (Å²) < 4.78 is 25.4. The summed E-state index contributed by atoms with van der Waals surface area (Å²) in [5.41, 5.74) is 6.88. The fourth-order valence-electron chi connectivity index (χ4n) is 2.28. The van der Waals surface area contributed by atoms with Gasteiger partial charge in [-0.3, -0.25) is 4.90 Å². The second kappa shape index (κ2) is 6.87. The van der Waals surface area contributed by atoms with Crippen LogP contribution in [0.2, 0.25) is 0 Å². The van der Waals surface area contributed by atoms with Gasteiger partial charge in [0.15, 0.2) is 0 Å². The van der Waals surface area contributed by atoms with Crippen LogP contribution in [-0.2, 0) is 16.6 Å². The van der Waals surface area contributed by atoms with E-state index in [1.54, 1.807) is 32.3 Å². The molecule has 20 heavy (non-hydrogen) atoms. The van der Waals surface area contributed by atoms with Gasteiger partial charge in [0.05, 0.1) is 4.90 Å². The van der Waals surface area contributed by atoms with Crippen LogP contribution < -0.4 is 5.73 Å². The molecule has 0 amide bonds. The number of benzene rings is 1. The van der Waals surface area contributed by atoms with Gasteiger partial charge in [-0.15, -0.1) is 12.4 Å². The first-order valence-corrected chi connectivity index (χ1v) is 7.83. The van der Waals surface area contributed by atoms with Crippen LogP contribution in [0.15, 0.2) is 29.2 Å². The number of nitrogens with zero attached hydrogens (tertiary/aromatic N) is 2. The Morgan fingerprint density at radius 1 is 1.40 bits per heavy atom. The van der Waals surface area contributed by atoms with E-state index in [2.05, 4.69) is 4.90 Å². The van der Waals surface area contributed by atoms with Gasteiger partial charge < -0.3 is 5.73 Å². The van der Waals surface area contributed by atoms with Crippen molar-refractivity contribution in [2.75, 3.05) is 27.2 Å². The Morgan fingerprint density at radius 3 is 2.65 bits per heavy atom. The molecule has 1 aliphatic heterocycles. The molecule has 2 rings (SSSR count). The summed E-state index contributed by atoms with van der Waals surface area (Å²) in [5.74, 6) is 0. The monoisotopic (exact) mass is 319 g/mol. The van der Waals surface area contributed by atoms with Crippen molar-refractivity contribution in [2.24, 2.45) is 5.73 Å². The minimum Gasteiger partial charge on any atom is -0.326 e. The van der Waals surface area contributed by atoms with Gasteiger partial charge in [-0.25, -0.2) is 12.7 Å². The lowest BCUT2D eigenvalue weighted by Crippen LogP contribution is -2.26. The second-order valence-electron chi connectivity index (χ2n) is 5.22. The van der Waals surface area contributed by atoms with E-state index in [0.29, 0.717) is 4.90 Å². The zero-order valence-corrected chi connectivity index (χ0v) is 13.5. The minimum absolute atomic E-state index is 0. The first-order chi connectivity index (χ1) is 8.89. The lowest BCUT2D eigenvalue weighted by molar-refractivity contribution is 0.326. The van der Waals surface area contributed by atoms with Gasteiger partial charge in [-0.05, 0) is 24.1 Å². The molecular weight excluding hydrogens is 298 g/mol. The predicted octanol–water partition coefficient (Wildman–Crippen LogP) is 0.892. The number of likely N-dealkylation sites (tertiary alicyclic amines) is 1. The molecule has 0 aromatic heterocycles. The Bertz CT molecular complexity index is 548. The van der Waals surface area contributed by atoms with E-state index in [-0.39, 0.29) is 18.4 Å². The lowest BCUT2D eigenvalue weighted by atomic mass is 10.2. The minimum atomic E-state index is -3.35. The number of hydrogen-bond donors (Lipinski definition) is 1. The molecule has 1 fully saturated rings. The van der Waals surface area contributed by atoms with Crippen molar-refractivity contribution in [3.8, 4) is 0 Å². The van der Waals surface area contributed by atoms with E-state index < -0.39 is 10.0 Å². The molecule has 0 spiro atoms. The number of halogens is 1. The standard InChI is InChI=1S/C13H21N3O2S.ClH/c1-15(2)19(17,18)13-5-3-4-11(8-13)9-16-7-6-12(14)10-16;/h3-5,8,12H,6-7,9-10,14H2,1-2H3;1H/t12-;/m0./s1. The third-order valence-electron chi connectivity index (χ3n) is 3.39. The number of sulfonamides is 1. The predicted molar refractivity (Wildman–Crippen MR) is 82.4 cm³/mol. The smallest absolute Gasteiger partial charge is 0.242 e. The van der Waals surface area contributed by atoms with Crippen LogP contribution in [0.3, 0.4) is 0 Å². The van der Waals surface area contributed by atoms with Crippen molar-refractivity contribution < 1.29 is 8.42 Å². The molecule has 5 nitrogen and oxygen atoms in total. The van der Waals surface area contributed by atoms with Gasteiger partial charge in [0.2, 0.25) is 10.0 Å². The van der Waals surface area contributed by atoms with Gasteiger partial charge in [-0.1, -0.05) is 12.1 Å². The Kier molecular flexibility index (Phi) is 5.97. The van der Waals surface area contributed by atoms with Crippen LogP contribution in [0.4, 0.5) is 0 Å². The highest BCUT2D eigenvalue weighted by atomic mass is 35.5. The molecule has 1 atom stereocenters. The fourth-order valence-corrected chi connectivity index (χ4v) is 3.25. The maximum absolute atomic E-state index is 12.1. The van der Waals surface area contributed by atoms with Crippen molar-refractivity contribution >= 4 is 22.4 Å². The average molecular weight is 320 g/mol. The van der Waals surface area contributed by atoms with Crippen LogP contribution in [0.5, 0.6) is 0 Å². The van der Waals surface area contributed by atoms with E-state index in [0.717, 1.165) is 31.6 Å². The summed E-state index contributed by atoms with van der Waals surface area (Å²) in [6.07, 6.45) is 1.01. The number of rotatable bonds is 4. The molecular formula is C13H22ClN3O2S. The first kappa shape index (κ1) is 17.4. The topological polar surface area (TPSA) is 66.6 Å². The highest BCUT2D eigenvalue weighted by Crippen LogP contribution is 2.17. The molecule has 1 aliphatic rings. The summed E-state index contributed by atoms with van der Waals surface area (Å²) >= 11 is 0. The Morgan fingerprint density at radius 2 is 2.10 bits per heavy atom. The Hall–Kier alpha value is -0.660. The quantitative estimate of drug-likeness (QED) is 0.895. The second-order valence-corrected chi connectivity index (χ2v) is 7.37. The molecule has 1 heterocycles. The van der Waals surface area contributed by atoms with Crippen molar-refractivity contribution in [3.05, 3.63) is 29.8 Å². The van der Waals surface area contributed by atoms with Crippen LogP contribution in [0, 0.1) is 0 Å². The molecule has 1 aromatic rings. The lowest BCUT2D eigenvalue weighted by Gasteiger charge is -2.16. The summed E-state index contributed by atoms with van der Waals surface area (Å²) in [4.78, 5) is 2.60. The first-order valence-electron chi connectivity index (χ1n) is 6.39. The van der Waals surface area contributed by atoms with E-state index in [1.165, 1.54) is 4.31 Å². The SMILES string of the molecule is CN(C)S(=O)(=O)c1cccc(CN2CC[C@H](N)C2)c1.Cl. The number of hydrogen-bond acceptors (Lipinski definition) is 4. The van der Waals surface area contributed by atoms with Gasteiger partial charge in [0, 0.05) is 39.8 Å². The third kappa shape index (κ3) is 3.93. The largest absolute Gasteiger partial charge is 0.326 e. The summed E-state index contributed by atoms with van der Waals surface area (Å²) in [6, 6.07) is 7.38. The van der Waals surface area contributed by atoms with Crippen molar-refractivity contribution in [1.29, 1.82) is 0 Å². The highest BCUT2D eigenvalue weighted by Gasteiger charge is 2.20. The van der Waals surface area contributed by atoms with Gasteiger partial charge >= 0.3 is 0 Å². The molecule has 0 saturated carbocycles. The molecule has 0 unspecified atom stereocenters. The van der Waals surface area contributed by atoms with Gasteiger partial charge in [-0.2, -0.15) is 0 Å². The van der Waals surface area contributed by atoms with Crippen molar-refractivity contribution in [1.82, 2.24) is 9.21 Å². The molecule has 2 N–H and O–H groups in total. The van der Waals surface area contributed by atoms with E-state index >= 15 is 0 Å². The van der Waals surface area contributed by atoms with Crippen LogP contribution >= 0.6 is 12.4 Å². The van der Waals surface area contributed by atoms with Crippen molar-refractivity contribution in [2.45, 2.75) is 23.9 Å². The average Bonchev–Trinajstić information content (AvgIpc) is 2.75. The molecule has 0 aliphatic carbocycles. The zero-order valence-electron chi connectivity index (χ0n) is 11.8. The normalized spacial score (nSPS) is 20.1. The molecule has 0 bridgehead atoms. The summed E-state index contributed by atoms with van der Waals surface area (Å²) in [6.45, 7) is 2.61. The zero-order chi connectivity index (χ0) is 14.0. The van der Waals surface area contributed by atoms with E-state index in [4.69, 9.17) is 5.73 Å². The Balaban J connectivity index is 0.00000200. The van der Waals surface area contributed by atoms with Crippen LogP contribution in [-0.4, -0.2) is 50.8 Å². The molecule has 1 saturated heterocycles. The summed E-state index contributed by atoms with van der Waals surface area (Å²) in [7, 11) is -0.267. The highest BCUT2D eigenvalue weighted by molar-refractivity contribution is 7.89. The van der Waals surface area contributed by atoms with Crippen LogP contribution in [0.1, 0.15) is 12.0 Å². The van der Waals surface area contributed by atoms with Gasteiger partial charge in [0.1, 0.15) is 0 Å².